The van der Waals surface area contributed by atoms with E-state index in [0.717, 1.165) is 22.5 Å². The topological polar surface area (TPSA) is 106 Å². The zero-order chi connectivity index (χ0) is 32.2. The van der Waals surface area contributed by atoms with Crippen LogP contribution in [0.5, 0.6) is 0 Å². The fourth-order valence-corrected chi connectivity index (χ4v) is 5.56. The number of fused-ring (bicyclic) bond motifs is 2. The second kappa shape index (κ2) is 13.7. The van der Waals surface area contributed by atoms with E-state index >= 15 is 0 Å². The molecule has 11 nitrogen and oxygen atoms in total. The van der Waals surface area contributed by atoms with E-state index in [1.165, 1.54) is 11.1 Å². The first-order chi connectivity index (χ1) is 20.8. The Morgan fingerprint density at radius 3 is 2.27 bits per heavy atom. The van der Waals surface area contributed by atoms with Crippen molar-refractivity contribution < 1.29 is 23.9 Å². The SMILES string of the molecule is CCN(CCNC(=O)CN(CC(=O)N(C)N1Cc2ccccc2C1)c1cc2c(cc1C)N(C)C(=O)CC2)C(=O)OC(C)(C)C. The van der Waals surface area contributed by atoms with Crippen LogP contribution in [0.3, 0.4) is 0 Å². The van der Waals surface area contributed by atoms with Crippen LogP contribution in [0.15, 0.2) is 36.4 Å². The summed E-state index contributed by atoms with van der Waals surface area (Å²) in [4.78, 5) is 56.8. The zero-order valence-electron chi connectivity index (χ0n) is 27.1. The normalized spacial score (nSPS) is 14.5. The van der Waals surface area contributed by atoms with Gasteiger partial charge in [0.2, 0.25) is 11.8 Å². The van der Waals surface area contributed by atoms with Gasteiger partial charge >= 0.3 is 6.09 Å². The van der Waals surface area contributed by atoms with Crippen molar-refractivity contribution in [3.63, 3.8) is 0 Å². The lowest BCUT2D eigenvalue weighted by Crippen LogP contribution is -2.48. The number of carbonyl (C=O) groups excluding carboxylic acids is 4. The summed E-state index contributed by atoms with van der Waals surface area (Å²) in [7, 11) is 3.54. The molecule has 1 N–H and O–H groups in total. The third-order valence-corrected chi connectivity index (χ3v) is 8.09. The number of anilines is 2. The number of rotatable bonds is 10. The van der Waals surface area contributed by atoms with Gasteiger partial charge in [-0.05, 0) is 75.4 Å². The number of ether oxygens (including phenoxy) is 1. The quantitative estimate of drug-likeness (QED) is 0.442. The molecule has 4 amide bonds. The molecule has 0 aromatic heterocycles. The minimum Gasteiger partial charge on any atom is -0.444 e. The minimum absolute atomic E-state index is 0.00977. The van der Waals surface area contributed by atoms with Gasteiger partial charge in [0, 0.05) is 64.6 Å². The summed E-state index contributed by atoms with van der Waals surface area (Å²) in [6, 6.07) is 12.1. The molecule has 0 aliphatic carbocycles. The van der Waals surface area contributed by atoms with Gasteiger partial charge in [0.05, 0.1) is 13.1 Å². The molecule has 2 aromatic carbocycles. The van der Waals surface area contributed by atoms with E-state index in [1.807, 2.05) is 63.9 Å². The molecule has 4 rings (SSSR count). The molecule has 0 radical (unpaired) electrons. The Balaban J connectivity index is 1.48. The Bertz CT molecular complexity index is 1380. The van der Waals surface area contributed by atoms with E-state index < -0.39 is 11.7 Å². The molecule has 44 heavy (non-hydrogen) atoms. The lowest BCUT2D eigenvalue weighted by atomic mass is 9.98. The summed E-state index contributed by atoms with van der Waals surface area (Å²) in [6.07, 6.45) is 0.583. The molecule has 0 spiro atoms. The van der Waals surface area contributed by atoms with Crippen LogP contribution in [-0.4, -0.2) is 91.2 Å². The molecule has 0 bridgehead atoms. The number of carbonyl (C=O) groups is 4. The monoisotopic (exact) mass is 606 g/mol. The number of nitrogens with zero attached hydrogens (tertiary/aromatic N) is 5. The molecule has 2 heterocycles. The van der Waals surface area contributed by atoms with Gasteiger partial charge in [0.1, 0.15) is 5.60 Å². The maximum atomic E-state index is 13.7. The number of amides is 4. The van der Waals surface area contributed by atoms with Crippen LogP contribution in [0.2, 0.25) is 0 Å². The zero-order valence-corrected chi connectivity index (χ0v) is 27.1. The number of hydrogen-bond acceptors (Lipinski definition) is 7. The van der Waals surface area contributed by atoms with E-state index in [4.69, 9.17) is 4.74 Å². The van der Waals surface area contributed by atoms with E-state index in [-0.39, 0.29) is 37.4 Å². The van der Waals surface area contributed by atoms with Crippen molar-refractivity contribution in [1.29, 1.82) is 0 Å². The maximum absolute atomic E-state index is 13.7. The fourth-order valence-electron chi connectivity index (χ4n) is 5.56. The summed E-state index contributed by atoms with van der Waals surface area (Å²) in [5.74, 6) is -0.340. The first-order valence-corrected chi connectivity index (χ1v) is 15.2. The predicted octanol–water partition coefficient (Wildman–Crippen LogP) is 3.47. The highest BCUT2D eigenvalue weighted by atomic mass is 16.6. The lowest BCUT2D eigenvalue weighted by molar-refractivity contribution is -0.145. The van der Waals surface area contributed by atoms with Gasteiger partial charge in [-0.3, -0.25) is 19.4 Å². The summed E-state index contributed by atoms with van der Waals surface area (Å²) in [6.45, 7) is 11.4. The molecule has 0 fully saturated rings. The van der Waals surface area contributed by atoms with Gasteiger partial charge in [0.15, 0.2) is 0 Å². The number of aryl methyl sites for hydroxylation is 2. The van der Waals surface area contributed by atoms with Gasteiger partial charge in [0.25, 0.3) is 5.91 Å². The second-order valence-corrected chi connectivity index (χ2v) is 12.5. The van der Waals surface area contributed by atoms with Crippen LogP contribution >= 0.6 is 0 Å². The molecule has 0 saturated heterocycles. The molecule has 11 heteroatoms. The minimum atomic E-state index is -0.610. The molecule has 0 saturated carbocycles. The first kappa shape index (κ1) is 32.8. The summed E-state index contributed by atoms with van der Waals surface area (Å²) >= 11 is 0. The number of benzene rings is 2. The van der Waals surface area contributed by atoms with Gasteiger partial charge in [-0.1, -0.05) is 24.3 Å². The molecule has 2 aliphatic rings. The highest BCUT2D eigenvalue weighted by Crippen LogP contribution is 2.34. The van der Waals surface area contributed by atoms with Gasteiger partial charge < -0.3 is 24.8 Å². The summed E-state index contributed by atoms with van der Waals surface area (Å²) < 4.78 is 5.47. The van der Waals surface area contributed by atoms with Crippen molar-refractivity contribution in [3.05, 3.63) is 58.7 Å². The fraction of sp³-hybridized carbons (Fsp3) is 0.515. The van der Waals surface area contributed by atoms with Crippen molar-refractivity contribution in [2.45, 2.75) is 66.2 Å². The van der Waals surface area contributed by atoms with Crippen LogP contribution < -0.4 is 15.1 Å². The van der Waals surface area contributed by atoms with Gasteiger partial charge in [-0.2, -0.15) is 0 Å². The van der Waals surface area contributed by atoms with Crippen LogP contribution in [-0.2, 0) is 38.6 Å². The Kier molecular flexibility index (Phi) is 10.2. The first-order valence-electron chi connectivity index (χ1n) is 15.2. The van der Waals surface area contributed by atoms with Crippen LogP contribution in [0.1, 0.15) is 56.4 Å². The van der Waals surface area contributed by atoms with Gasteiger partial charge in [-0.25, -0.2) is 9.80 Å². The molecule has 238 valence electrons. The Morgan fingerprint density at radius 1 is 1.00 bits per heavy atom. The average Bonchev–Trinajstić information content (AvgIpc) is 3.40. The smallest absolute Gasteiger partial charge is 0.410 e. The predicted molar refractivity (Wildman–Crippen MR) is 170 cm³/mol. The van der Waals surface area contributed by atoms with Crippen LogP contribution in [0.25, 0.3) is 0 Å². The number of hydrazine groups is 1. The van der Waals surface area contributed by atoms with Crippen molar-refractivity contribution in [2.75, 3.05) is 56.6 Å². The highest BCUT2D eigenvalue weighted by Gasteiger charge is 2.29. The third kappa shape index (κ3) is 7.88. The number of nitrogens with one attached hydrogen (secondary N) is 1. The van der Waals surface area contributed by atoms with Gasteiger partial charge in [-0.15, -0.1) is 0 Å². The number of likely N-dealkylation sites (N-methyl/N-ethyl adjacent to an activating group) is 2. The standard InChI is InChI=1S/C33H46N6O5/c1-8-37(32(43)44-33(3,4)5)16-15-34-29(40)21-38(27-18-24-13-14-30(41)35(6)28(24)17-23(27)2)22-31(42)36(7)39-19-25-11-9-10-12-26(25)20-39/h9-12,17-18H,8,13-16,19-22H2,1-7H3,(H,34,40). The largest absolute Gasteiger partial charge is 0.444 e. The van der Waals surface area contributed by atoms with E-state index in [1.54, 1.807) is 33.8 Å². The van der Waals surface area contributed by atoms with Crippen molar-refractivity contribution in [1.82, 2.24) is 20.2 Å². The molecule has 2 aromatic rings. The van der Waals surface area contributed by atoms with Crippen molar-refractivity contribution in [2.24, 2.45) is 0 Å². The van der Waals surface area contributed by atoms with E-state index in [9.17, 15) is 19.2 Å². The maximum Gasteiger partial charge on any atom is 0.410 e. The van der Waals surface area contributed by atoms with Crippen molar-refractivity contribution in [3.8, 4) is 0 Å². The Morgan fingerprint density at radius 2 is 1.66 bits per heavy atom. The second-order valence-electron chi connectivity index (χ2n) is 12.5. The third-order valence-electron chi connectivity index (χ3n) is 8.09. The molecular formula is C33H46N6O5. The summed E-state index contributed by atoms with van der Waals surface area (Å²) in [5, 5.41) is 6.56. The molecule has 0 unspecified atom stereocenters. The number of hydrogen-bond donors (Lipinski definition) is 1. The van der Waals surface area contributed by atoms with Crippen molar-refractivity contribution >= 4 is 35.2 Å². The van der Waals surface area contributed by atoms with Crippen LogP contribution in [0, 0.1) is 6.92 Å². The summed E-state index contributed by atoms with van der Waals surface area (Å²) in [5.41, 5.74) is 5.28. The van der Waals surface area contributed by atoms with E-state index in [2.05, 4.69) is 17.4 Å². The molecule has 2 aliphatic heterocycles. The molecule has 0 atom stereocenters. The Hall–Kier alpha value is -4.12. The lowest BCUT2D eigenvalue weighted by Gasteiger charge is -2.33. The average molecular weight is 607 g/mol. The van der Waals surface area contributed by atoms with E-state index in [0.29, 0.717) is 39.0 Å². The van der Waals surface area contributed by atoms with Crippen LogP contribution in [0.4, 0.5) is 16.2 Å². The Labute approximate surface area is 260 Å². The highest BCUT2D eigenvalue weighted by molar-refractivity contribution is 5.97. The molecular weight excluding hydrogens is 560 g/mol.